The minimum absolute atomic E-state index is 0.0505. The van der Waals surface area contributed by atoms with Crippen molar-refractivity contribution in [3.63, 3.8) is 0 Å². The van der Waals surface area contributed by atoms with Crippen LogP contribution in [0, 0.1) is 20.8 Å². The Kier molecular flexibility index (Phi) is 5.02. The largest absolute Gasteiger partial charge is 0.508 e. The van der Waals surface area contributed by atoms with E-state index in [9.17, 15) is 19.5 Å². The molecular weight excluding hydrogens is 456 g/mol. The zero-order valence-corrected chi connectivity index (χ0v) is 19.6. The molecule has 1 aliphatic heterocycles. The number of thiazole rings is 1. The zero-order chi connectivity index (χ0) is 24.3. The first-order valence-electron chi connectivity index (χ1n) is 10.5. The molecular formula is C25H20N2O6S. The number of phenolic OH excluding ortho intramolecular Hbond substituents is 1. The summed E-state index contributed by atoms with van der Waals surface area (Å²) in [5.41, 5.74) is 3.08. The molecule has 1 amide bonds. The molecule has 1 atom stereocenters. The molecule has 0 aliphatic carbocycles. The molecule has 0 bridgehead atoms. The highest BCUT2D eigenvalue weighted by atomic mass is 32.1. The first-order chi connectivity index (χ1) is 16.2. The van der Waals surface area contributed by atoms with Crippen molar-refractivity contribution in [1.29, 1.82) is 0 Å². The van der Waals surface area contributed by atoms with E-state index >= 15 is 0 Å². The Morgan fingerprint density at radius 3 is 2.47 bits per heavy atom. The molecule has 8 nitrogen and oxygen atoms in total. The molecule has 0 radical (unpaired) electrons. The van der Waals surface area contributed by atoms with Crippen molar-refractivity contribution in [2.24, 2.45) is 0 Å². The first-order valence-corrected chi connectivity index (χ1v) is 11.3. The molecule has 4 aromatic rings. The van der Waals surface area contributed by atoms with Crippen LogP contribution in [-0.2, 0) is 4.74 Å². The van der Waals surface area contributed by atoms with Gasteiger partial charge in [0.25, 0.3) is 5.91 Å². The van der Waals surface area contributed by atoms with Gasteiger partial charge in [0, 0.05) is 0 Å². The van der Waals surface area contributed by atoms with Crippen LogP contribution in [0.5, 0.6) is 5.75 Å². The van der Waals surface area contributed by atoms with Crippen LogP contribution in [0.25, 0.3) is 11.0 Å². The number of amides is 1. The monoisotopic (exact) mass is 476 g/mol. The number of carbonyl (C=O) groups excluding carboxylic acids is 2. The van der Waals surface area contributed by atoms with Crippen molar-refractivity contribution in [2.75, 3.05) is 12.0 Å². The standard InChI is InChI=1S/C25H20N2O6S/c1-11-9-16-17(10-12(11)2)33-21-18(20(16)29)19(14-5-7-15(28)8-6-14)27(23(21)30)25-26-13(3)22(34-25)24(31)32-4/h5-10,19,28H,1-4H3. The number of ether oxygens (including phenoxy) is 1. The SMILES string of the molecule is COC(=O)c1sc(N2C(=O)c3oc4cc(C)c(C)cc4c(=O)c3C2c2ccc(O)cc2)nc1C. The fourth-order valence-corrected chi connectivity index (χ4v) is 5.18. The number of aromatic nitrogens is 1. The van der Waals surface area contributed by atoms with Gasteiger partial charge in [0.15, 0.2) is 10.6 Å². The minimum atomic E-state index is -0.846. The smallest absolute Gasteiger partial charge is 0.350 e. The molecule has 2 aromatic carbocycles. The fourth-order valence-electron chi connectivity index (χ4n) is 4.16. The Hall–Kier alpha value is -3.98. The predicted molar refractivity (Wildman–Crippen MR) is 127 cm³/mol. The van der Waals surface area contributed by atoms with Crippen molar-refractivity contribution in [2.45, 2.75) is 26.8 Å². The van der Waals surface area contributed by atoms with Crippen LogP contribution in [0.2, 0.25) is 0 Å². The third-order valence-corrected chi connectivity index (χ3v) is 7.19. The van der Waals surface area contributed by atoms with Gasteiger partial charge in [0.2, 0.25) is 5.76 Å². The van der Waals surface area contributed by atoms with E-state index in [1.54, 1.807) is 31.2 Å². The topological polar surface area (TPSA) is 110 Å². The van der Waals surface area contributed by atoms with E-state index < -0.39 is 17.9 Å². The van der Waals surface area contributed by atoms with E-state index in [1.165, 1.54) is 24.1 Å². The van der Waals surface area contributed by atoms with Gasteiger partial charge in [0.1, 0.15) is 16.2 Å². The molecule has 5 rings (SSSR count). The Morgan fingerprint density at radius 1 is 1.12 bits per heavy atom. The average molecular weight is 477 g/mol. The number of esters is 1. The number of methoxy groups -OCH3 is 1. The van der Waals surface area contributed by atoms with Crippen molar-refractivity contribution in [1.82, 2.24) is 4.98 Å². The van der Waals surface area contributed by atoms with Crippen LogP contribution in [0.15, 0.2) is 45.6 Å². The lowest BCUT2D eigenvalue weighted by atomic mass is 9.97. The maximum Gasteiger partial charge on any atom is 0.350 e. The molecule has 172 valence electrons. The Labute approximate surface area is 198 Å². The predicted octanol–water partition coefficient (Wildman–Crippen LogP) is 4.42. The molecule has 0 saturated heterocycles. The summed E-state index contributed by atoms with van der Waals surface area (Å²) in [5, 5.41) is 10.4. The third-order valence-electron chi connectivity index (χ3n) is 6.06. The molecule has 0 spiro atoms. The number of fused-ring (bicyclic) bond motifs is 2. The number of carbonyl (C=O) groups is 2. The van der Waals surface area contributed by atoms with E-state index in [0.717, 1.165) is 22.5 Å². The number of nitrogens with zero attached hydrogens (tertiary/aromatic N) is 2. The molecule has 34 heavy (non-hydrogen) atoms. The van der Waals surface area contributed by atoms with Gasteiger partial charge in [-0.2, -0.15) is 0 Å². The van der Waals surface area contributed by atoms with Gasteiger partial charge in [-0.05, 0) is 61.7 Å². The van der Waals surface area contributed by atoms with Crippen molar-refractivity contribution in [3.8, 4) is 5.75 Å². The van der Waals surface area contributed by atoms with Gasteiger partial charge >= 0.3 is 5.97 Å². The molecule has 2 aromatic heterocycles. The number of anilines is 1. The zero-order valence-electron chi connectivity index (χ0n) is 18.8. The Morgan fingerprint density at radius 2 is 1.79 bits per heavy atom. The van der Waals surface area contributed by atoms with Crippen LogP contribution in [0.1, 0.15) is 54.2 Å². The van der Waals surface area contributed by atoms with Gasteiger partial charge in [-0.1, -0.05) is 23.5 Å². The van der Waals surface area contributed by atoms with E-state index in [1.807, 2.05) is 13.8 Å². The van der Waals surface area contributed by atoms with E-state index in [4.69, 9.17) is 9.15 Å². The van der Waals surface area contributed by atoms with Crippen LogP contribution < -0.4 is 10.3 Å². The molecule has 3 heterocycles. The van der Waals surface area contributed by atoms with Crippen molar-refractivity contribution >= 4 is 39.3 Å². The first kappa shape index (κ1) is 21.8. The van der Waals surface area contributed by atoms with Gasteiger partial charge in [-0.15, -0.1) is 0 Å². The lowest BCUT2D eigenvalue weighted by molar-refractivity contribution is 0.0605. The average Bonchev–Trinajstić information content (AvgIpc) is 3.33. The molecule has 1 unspecified atom stereocenters. The summed E-state index contributed by atoms with van der Waals surface area (Å²) in [6.45, 7) is 5.46. The van der Waals surface area contributed by atoms with E-state index in [0.29, 0.717) is 22.2 Å². The number of aromatic hydroxyl groups is 1. The summed E-state index contributed by atoms with van der Waals surface area (Å²) in [7, 11) is 1.27. The van der Waals surface area contributed by atoms with Crippen molar-refractivity contribution in [3.05, 3.63) is 85.2 Å². The summed E-state index contributed by atoms with van der Waals surface area (Å²) in [6.07, 6.45) is 0. The second-order valence-electron chi connectivity index (χ2n) is 8.18. The lowest BCUT2D eigenvalue weighted by Crippen LogP contribution is -2.29. The number of aryl methyl sites for hydroxylation is 3. The van der Waals surface area contributed by atoms with Gasteiger partial charge in [-0.3, -0.25) is 14.5 Å². The molecule has 0 saturated carbocycles. The highest BCUT2D eigenvalue weighted by Gasteiger charge is 2.45. The van der Waals surface area contributed by atoms with Crippen molar-refractivity contribution < 1.29 is 23.8 Å². The van der Waals surface area contributed by atoms with Crippen LogP contribution in [-0.4, -0.2) is 29.1 Å². The maximum atomic E-state index is 13.7. The maximum absolute atomic E-state index is 13.7. The van der Waals surface area contributed by atoms with Crippen LogP contribution in [0.4, 0.5) is 5.13 Å². The molecule has 0 fully saturated rings. The Balaban J connectivity index is 1.79. The summed E-state index contributed by atoms with van der Waals surface area (Å²) in [6, 6.07) is 8.92. The summed E-state index contributed by atoms with van der Waals surface area (Å²) >= 11 is 1.01. The highest BCUT2D eigenvalue weighted by molar-refractivity contribution is 7.17. The van der Waals surface area contributed by atoms with Gasteiger partial charge in [0.05, 0.1) is 29.8 Å². The number of hydrogen-bond acceptors (Lipinski definition) is 8. The summed E-state index contributed by atoms with van der Waals surface area (Å²) < 4.78 is 10.8. The number of hydrogen-bond donors (Lipinski definition) is 1. The minimum Gasteiger partial charge on any atom is -0.508 e. The van der Waals surface area contributed by atoms with E-state index in [2.05, 4.69) is 4.98 Å². The normalized spacial score (nSPS) is 15.1. The number of rotatable bonds is 3. The second kappa shape index (κ2) is 7.81. The summed E-state index contributed by atoms with van der Waals surface area (Å²) in [5.74, 6) is -1.10. The van der Waals surface area contributed by atoms with Crippen LogP contribution >= 0.6 is 11.3 Å². The van der Waals surface area contributed by atoms with E-state index in [-0.39, 0.29) is 32.5 Å². The quantitative estimate of drug-likeness (QED) is 0.436. The fraction of sp³-hybridized carbons (Fsp3) is 0.200. The van der Waals surface area contributed by atoms with Crippen LogP contribution in [0.3, 0.4) is 0 Å². The third kappa shape index (κ3) is 3.19. The lowest BCUT2D eigenvalue weighted by Gasteiger charge is -2.22. The Bertz CT molecular complexity index is 1550. The van der Waals surface area contributed by atoms with Gasteiger partial charge in [-0.25, -0.2) is 9.78 Å². The molecule has 9 heteroatoms. The molecule has 1 aliphatic rings. The second-order valence-corrected chi connectivity index (χ2v) is 9.16. The number of phenols is 1. The molecule has 1 N–H and O–H groups in total. The van der Waals surface area contributed by atoms with Gasteiger partial charge < -0.3 is 14.3 Å². The summed E-state index contributed by atoms with van der Waals surface area (Å²) in [4.78, 5) is 45.6. The number of benzene rings is 2. The highest BCUT2D eigenvalue weighted by Crippen LogP contribution is 2.43.